The number of likely N-dealkylation sites (N-methyl/N-ethyl adjacent to an activating group) is 1. The Morgan fingerprint density at radius 3 is 2.74 bits per heavy atom. The fourth-order valence-electron chi connectivity index (χ4n) is 1.80. The molecule has 2 N–H and O–H groups in total. The van der Waals surface area contributed by atoms with E-state index in [2.05, 4.69) is 54.4 Å². The normalized spacial score (nSPS) is 12.5. The highest BCUT2D eigenvalue weighted by Crippen LogP contribution is 2.11. The molecule has 1 aromatic heterocycles. The molecule has 1 heterocycles. The van der Waals surface area contributed by atoms with Crippen LogP contribution < -0.4 is 10.6 Å². The zero-order chi connectivity index (χ0) is 14.1. The molecule has 0 aliphatic carbocycles. The molecule has 1 rings (SSSR count). The highest BCUT2D eigenvalue weighted by atomic mass is 15.1. The summed E-state index contributed by atoms with van der Waals surface area (Å²) in [5.74, 6) is 0.946. The number of hydrogen-bond acceptors (Lipinski definition) is 4. The quantitative estimate of drug-likeness (QED) is 0.719. The van der Waals surface area contributed by atoms with Gasteiger partial charge in [-0.25, -0.2) is 4.98 Å². The summed E-state index contributed by atoms with van der Waals surface area (Å²) in [5, 5.41) is 6.75. The highest BCUT2D eigenvalue weighted by Gasteiger charge is 2.05. The average Bonchev–Trinajstić information content (AvgIpc) is 2.44. The first-order valence-corrected chi connectivity index (χ1v) is 7.31. The van der Waals surface area contributed by atoms with Crippen LogP contribution in [-0.2, 0) is 0 Å². The van der Waals surface area contributed by atoms with E-state index in [1.165, 1.54) is 6.42 Å². The molecule has 0 aliphatic rings. The minimum absolute atomic E-state index is 0.640. The van der Waals surface area contributed by atoms with Gasteiger partial charge in [-0.05, 0) is 32.9 Å². The Balaban J connectivity index is 2.36. The van der Waals surface area contributed by atoms with Crippen LogP contribution in [0.25, 0.3) is 0 Å². The Morgan fingerprint density at radius 2 is 2.05 bits per heavy atom. The summed E-state index contributed by atoms with van der Waals surface area (Å²) in [6, 6.07) is 4.72. The average molecular weight is 264 g/mol. The second-order valence-corrected chi connectivity index (χ2v) is 5.02. The summed E-state index contributed by atoms with van der Waals surface area (Å²) in [6.07, 6.45) is 4.15. The second kappa shape index (κ2) is 8.75. The van der Waals surface area contributed by atoms with Crippen LogP contribution in [0.3, 0.4) is 0 Å². The summed E-state index contributed by atoms with van der Waals surface area (Å²) in [4.78, 5) is 6.68. The van der Waals surface area contributed by atoms with Crippen LogP contribution in [0.1, 0.15) is 33.6 Å². The maximum atomic E-state index is 4.30. The van der Waals surface area contributed by atoms with E-state index in [1.54, 1.807) is 0 Å². The second-order valence-electron chi connectivity index (χ2n) is 5.02. The number of nitrogens with zero attached hydrogens (tertiary/aromatic N) is 2. The summed E-state index contributed by atoms with van der Waals surface area (Å²) in [5.41, 5.74) is 1.13. The fraction of sp³-hybridized carbons (Fsp3) is 0.667. The van der Waals surface area contributed by atoms with E-state index in [9.17, 15) is 0 Å². The minimum Gasteiger partial charge on any atom is -0.384 e. The standard InChI is InChI=1S/C15H28N4/c1-5-8-17-15-12-14(7-9-18-15)16-10-11-19(4)13(3)6-2/h7,9,12-13H,5-6,8,10-11H2,1-4H3,(H2,16,17,18). The number of aromatic nitrogens is 1. The first-order valence-electron chi connectivity index (χ1n) is 7.31. The van der Waals surface area contributed by atoms with Crippen LogP contribution >= 0.6 is 0 Å². The molecule has 0 aromatic carbocycles. The predicted octanol–water partition coefficient (Wildman–Crippen LogP) is 3.05. The van der Waals surface area contributed by atoms with Gasteiger partial charge in [-0.1, -0.05) is 13.8 Å². The van der Waals surface area contributed by atoms with Gasteiger partial charge in [0.2, 0.25) is 0 Å². The van der Waals surface area contributed by atoms with Gasteiger partial charge in [0, 0.05) is 43.6 Å². The third-order valence-electron chi connectivity index (χ3n) is 3.45. The van der Waals surface area contributed by atoms with Crippen molar-refractivity contribution in [2.75, 3.05) is 37.3 Å². The van der Waals surface area contributed by atoms with E-state index in [4.69, 9.17) is 0 Å². The van der Waals surface area contributed by atoms with E-state index in [0.29, 0.717) is 6.04 Å². The third kappa shape index (κ3) is 5.92. The Kier molecular flexibility index (Phi) is 7.26. The summed E-state index contributed by atoms with van der Waals surface area (Å²) in [7, 11) is 2.18. The van der Waals surface area contributed by atoms with Gasteiger partial charge in [-0.15, -0.1) is 0 Å². The van der Waals surface area contributed by atoms with Crippen molar-refractivity contribution >= 4 is 11.5 Å². The van der Waals surface area contributed by atoms with E-state index in [-0.39, 0.29) is 0 Å². The molecule has 0 radical (unpaired) electrons. The van der Waals surface area contributed by atoms with Crippen LogP contribution in [0.15, 0.2) is 18.3 Å². The molecule has 0 amide bonds. The topological polar surface area (TPSA) is 40.2 Å². The van der Waals surface area contributed by atoms with Gasteiger partial charge < -0.3 is 15.5 Å². The highest BCUT2D eigenvalue weighted by molar-refractivity contribution is 5.51. The van der Waals surface area contributed by atoms with Gasteiger partial charge in [-0.3, -0.25) is 0 Å². The Hall–Kier alpha value is -1.29. The molecule has 4 nitrogen and oxygen atoms in total. The van der Waals surface area contributed by atoms with Crippen LogP contribution in [0.5, 0.6) is 0 Å². The molecular formula is C15H28N4. The Bertz CT molecular complexity index is 354. The van der Waals surface area contributed by atoms with Crippen molar-refractivity contribution < 1.29 is 0 Å². The first-order chi connectivity index (χ1) is 9.17. The predicted molar refractivity (Wildman–Crippen MR) is 83.9 cm³/mol. The number of anilines is 2. The Labute approximate surface area is 117 Å². The molecule has 4 heteroatoms. The molecule has 0 aliphatic heterocycles. The van der Waals surface area contributed by atoms with Crippen molar-refractivity contribution in [2.24, 2.45) is 0 Å². The molecule has 0 saturated heterocycles. The van der Waals surface area contributed by atoms with E-state index >= 15 is 0 Å². The summed E-state index contributed by atoms with van der Waals surface area (Å²) >= 11 is 0. The van der Waals surface area contributed by atoms with Crippen LogP contribution in [0.4, 0.5) is 11.5 Å². The lowest BCUT2D eigenvalue weighted by atomic mass is 10.2. The third-order valence-corrected chi connectivity index (χ3v) is 3.45. The van der Waals surface area contributed by atoms with Crippen LogP contribution in [-0.4, -0.2) is 42.6 Å². The lowest BCUT2D eigenvalue weighted by Gasteiger charge is -2.23. The molecule has 0 fully saturated rings. The van der Waals surface area contributed by atoms with Crippen molar-refractivity contribution in [3.05, 3.63) is 18.3 Å². The van der Waals surface area contributed by atoms with Crippen LogP contribution in [0.2, 0.25) is 0 Å². The molecule has 0 bridgehead atoms. The van der Waals surface area contributed by atoms with Gasteiger partial charge in [-0.2, -0.15) is 0 Å². The Morgan fingerprint density at radius 1 is 1.26 bits per heavy atom. The smallest absolute Gasteiger partial charge is 0.127 e. The molecule has 19 heavy (non-hydrogen) atoms. The van der Waals surface area contributed by atoms with E-state index < -0.39 is 0 Å². The monoisotopic (exact) mass is 264 g/mol. The number of hydrogen-bond donors (Lipinski definition) is 2. The molecule has 1 aromatic rings. The molecule has 0 spiro atoms. The van der Waals surface area contributed by atoms with Gasteiger partial charge >= 0.3 is 0 Å². The molecule has 1 unspecified atom stereocenters. The van der Waals surface area contributed by atoms with E-state index in [1.807, 2.05) is 12.3 Å². The fourth-order valence-corrected chi connectivity index (χ4v) is 1.80. The molecule has 108 valence electrons. The van der Waals surface area contributed by atoms with E-state index in [0.717, 1.165) is 37.6 Å². The molecule has 0 saturated carbocycles. The van der Waals surface area contributed by atoms with Crippen molar-refractivity contribution in [2.45, 2.75) is 39.7 Å². The lowest BCUT2D eigenvalue weighted by Crippen LogP contribution is -2.32. The van der Waals surface area contributed by atoms with Crippen molar-refractivity contribution in [3.63, 3.8) is 0 Å². The maximum Gasteiger partial charge on any atom is 0.127 e. The lowest BCUT2D eigenvalue weighted by molar-refractivity contribution is 0.261. The number of pyridine rings is 1. The first kappa shape index (κ1) is 15.8. The van der Waals surface area contributed by atoms with Crippen molar-refractivity contribution in [1.29, 1.82) is 0 Å². The largest absolute Gasteiger partial charge is 0.384 e. The van der Waals surface area contributed by atoms with Crippen LogP contribution in [0, 0.1) is 0 Å². The molecular weight excluding hydrogens is 236 g/mol. The zero-order valence-corrected chi connectivity index (χ0v) is 12.7. The number of nitrogens with one attached hydrogen (secondary N) is 2. The van der Waals surface area contributed by atoms with Gasteiger partial charge in [0.05, 0.1) is 0 Å². The number of rotatable bonds is 9. The zero-order valence-electron chi connectivity index (χ0n) is 12.7. The van der Waals surface area contributed by atoms with Crippen molar-refractivity contribution in [3.8, 4) is 0 Å². The summed E-state index contributed by atoms with van der Waals surface area (Å²) in [6.45, 7) is 9.61. The molecule has 1 atom stereocenters. The minimum atomic E-state index is 0.640. The summed E-state index contributed by atoms with van der Waals surface area (Å²) < 4.78 is 0. The van der Waals surface area contributed by atoms with Crippen molar-refractivity contribution in [1.82, 2.24) is 9.88 Å². The van der Waals surface area contributed by atoms with Gasteiger partial charge in [0.1, 0.15) is 5.82 Å². The SMILES string of the molecule is CCCNc1cc(NCCN(C)C(C)CC)ccn1. The maximum absolute atomic E-state index is 4.30. The van der Waals surface area contributed by atoms with Gasteiger partial charge in [0.15, 0.2) is 0 Å². The van der Waals surface area contributed by atoms with Gasteiger partial charge in [0.25, 0.3) is 0 Å².